The van der Waals surface area contributed by atoms with E-state index in [-0.39, 0.29) is 13.0 Å². The van der Waals surface area contributed by atoms with Crippen molar-refractivity contribution in [2.45, 2.75) is 18.9 Å². The lowest BCUT2D eigenvalue weighted by Crippen LogP contribution is -2.58. The summed E-state index contributed by atoms with van der Waals surface area (Å²) in [4.78, 5) is 24.9. The number of ether oxygens (including phenoxy) is 1. The highest BCUT2D eigenvalue weighted by atomic mass is 16.5. The molecule has 6 nitrogen and oxygen atoms in total. The van der Waals surface area contributed by atoms with E-state index in [2.05, 4.69) is 5.32 Å². The normalized spacial score (nSPS) is 21.5. The molecule has 0 spiro atoms. The van der Waals surface area contributed by atoms with Gasteiger partial charge in [-0.2, -0.15) is 0 Å². The number of anilines is 1. The summed E-state index contributed by atoms with van der Waals surface area (Å²) in [6.07, 6.45) is 0.274. The van der Waals surface area contributed by atoms with Gasteiger partial charge in [0.05, 0.1) is 6.61 Å². The van der Waals surface area contributed by atoms with Crippen molar-refractivity contribution in [2.75, 3.05) is 25.2 Å². The lowest BCUT2D eigenvalue weighted by molar-refractivity contribution is -0.144. The lowest BCUT2D eigenvalue weighted by Gasteiger charge is -2.27. The Bertz CT molecular complexity index is 506. The molecule has 1 atom stereocenters. The van der Waals surface area contributed by atoms with Crippen LogP contribution in [0.25, 0.3) is 0 Å². The average Bonchev–Trinajstić information content (AvgIpc) is 2.88. The second-order valence-corrected chi connectivity index (χ2v) is 5.01. The van der Waals surface area contributed by atoms with Crippen LogP contribution in [0.15, 0.2) is 24.3 Å². The molecule has 108 valence electrons. The number of aliphatic carboxylic acids is 1. The maximum Gasteiger partial charge on any atom is 0.332 e. The van der Waals surface area contributed by atoms with Gasteiger partial charge in [-0.15, -0.1) is 0 Å². The van der Waals surface area contributed by atoms with E-state index in [1.54, 1.807) is 7.05 Å². The van der Waals surface area contributed by atoms with Crippen molar-refractivity contribution in [3.8, 4) is 0 Å². The predicted molar refractivity (Wildman–Crippen MR) is 73.9 cm³/mol. The number of urea groups is 1. The van der Waals surface area contributed by atoms with Gasteiger partial charge >= 0.3 is 12.0 Å². The number of nitrogens with zero attached hydrogens (tertiary/aromatic N) is 1. The molecule has 1 saturated heterocycles. The Labute approximate surface area is 117 Å². The Morgan fingerprint density at radius 1 is 1.35 bits per heavy atom. The topological polar surface area (TPSA) is 78.9 Å². The quantitative estimate of drug-likeness (QED) is 0.875. The van der Waals surface area contributed by atoms with E-state index in [1.165, 1.54) is 4.90 Å². The fourth-order valence-electron chi connectivity index (χ4n) is 2.06. The van der Waals surface area contributed by atoms with Crippen LogP contribution in [0.4, 0.5) is 10.5 Å². The molecular weight excluding hydrogens is 260 g/mol. The van der Waals surface area contributed by atoms with Gasteiger partial charge in [-0.05, 0) is 19.1 Å². The highest BCUT2D eigenvalue weighted by Crippen LogP contribution is 2.20. The smallest absolute Gasteiger partial charge is 0.332 e. The number of rotatable bonds is 3. The van der Waals surface area contributed by atoms with Crippen LogP contribution in [0.5, 0.6) is 0 Å². The highest BCUT2D eigenvalue weighted by molar-refractivity contribution is 5.95. The number of carbonyl (C=O) groups is 2. The second kappa shape index (κ2) is 5.50. The van der Waals surface area contributed by atoms with Gasteiger partial charge in [-0.25, -0.2) is 9.59 Å². The molecule has 0 aromatic heterocycles. The van der Waals surface area contributed by atoms with Crippen LogP contribution in [-0.4, -0.2) is 42.9 Å². The molecule has 1 aromatic carbocycles. The fraction of sp³-hybridized carbons (Fsp3) is 0.429. The van der Waals surface area contributed by atoms with Crippen LogP contribution in [0.3, 0.4) is 0 Å². The van der Waals surface area contributed by atoms with E-state index in [9.17, 15) is 14.7 Å². The summed E-state index contributed by atoms with van der Waals surface area (Å²) in [5.74, 6) is -1.07. The molecule has 0 saturated carbocycles. The lowest BCUT2D eigenvalue weighted by atomic mass is 9.99. The van der Waals surface area contributed by atoms with Gasteiger partial charge in [-0.3, -0.25) is 4.90 Å². The van der Waals surface area contributed by atoms with Gasteiger partial charge < -0.3 is 15.2 Å². The molecule has 0 bridgehead atoms. The Kier molecular flexibility index (Phi) is 3.94. The van der Waals surface area contributed by atoms with E-state index in [4.69, 9.17) is 4.74 Å². The first-order chi connectivity index (χ1) is 9.44. The predicted octanol–water partition coefficient (Wildman–Crippen LogP) is 1.38. The van der Waals surface area contributed by atoms with Crippen LogP contribution in [0, 0.1) is 6.92 Å². The third-order valence-corrected chi connectivity index (χ3v) is 3.50. The molecule has 20 heavy (non-hydrogen) atoms. The molecule has 0 radical (unpaired) electrons. The number of carboxylic acids is 1. The summed E-state index contributed by atoms with van der Waals surface area (Å²) in [6.45, 7) is 2.29. The van der Waals surface area contributed by atoms with Gasteiger partial charge in [0.2, 0.25) is 0 Å². The molecule has 1 aliphatic rings. The van der Waals surface area contributed by atoms with Crippen molar-refractivity contribution in [1.29, 1.82) is 0 Å². The summed E-state index contributed by atoms with van der Waals surface area (Å²) in [7, 11) is 1.60. The first kappa shape index (κ1) is 14.3. The van der Waals surface area contributed by atoms with E-state index >= 15 is 0 Å². The standard InChI is InChI=1S/C14H18N2O4/c1-10-3-5-11(6-4-10)16(2)13(19)15-14(12(17)18)7-8-20-9-14/h3-6H,7-9H2,1-2H3,(H,15,19)(H,17,18). The summed E-state index contributed by atoms with van der Waals surface area (Å²) >= 11 is 0. The minimum atomic E-state index is -1.32. The number of amides is 2. The zero-order valence-electron chi connectivity index (χ0n) is 11.5. The van der Waals surface area contributed by atoms with Crippen LogP contribution in [0.1, 0.15) is 12.0 Å². The van der Waals surface area contributed by atoms with Crippen molar-refractivity contribution in [3.63, 3.8) is 0 Å². The summed E-state index contributed by atoms with van der Waals surface area (Å²) < 4.78 is 5.11. The molecule has 1 aliphatic heterocycles. The number of benzene rings is 1. The van der Waals surface area contributed by atoms with Crippen molar-refractivity contribution >= 4 is 17.7 Å². The van der Waals surface area contributed by atoms with Crippen LogP contribution in [0.2, 0.25) is 0 Å². The zero-order chi connectivity index (χ0) is 14.8. The molecule has 2 amide bonds. The van der Waals surface area contributed by atoms with E-state index < -0.39 is 17.5 Å². The number of carbonyl (C=O) groups excluding carboxylic acids is 1. The van der Waals surface area contributed by atoms with E-state index in [1.807, 2.05) is 31.2 Å². The van der Waals surface area contributed by atoms with Gasteiger partial charge in [0.25, 0.3) is 0 Å². The molecular formula is C14H18N2O4. The largest absolute Gasteiger partial charge is 0.479 e. The van der Waals surface area contributed by atoms with Crippen molar-refractivity contribution in [2.24, 2.45) is 0 Å². The number of carboxylic acid groups (broad SMARTS) is 1. The number of hydrogen-bond acceptors (Lipinski definition) is 3. The Morgan fingerprint density at radius 2 is 2.00 bits per heavy atom. The van der Waals surface area contributed by atoms with Gasteiger partial charge in [0.15, 0.2) is 5.54 Å². The minimum absolute atomic E-state index is 0.00416. The molecule has 1 aromatic rings. The van der Waals surface area contributed by atoms with Crippen molar-refractivity contribution in [3.05, 3.63) is 29.8 Å². The third-order valence-electron chi connectivity index (χ3n) is 3.50. The van der Waals surface area contributed by atoms with Gasteiger partial charge in [0.1, 0.15) is 0 Å². The zero-order valence-corrected chi connectivity index (χ0v) is 11.5. The number of hydrogen-bond donors (Lipinski definition) is 2. The maximum atomic E-state index is 12.2. The molecule has 6 heteroatoms. The molecule has 2 rings (SSSR count). The molecule has 1 heterocycles. The van der Waals surface area contributed by atoms with Gasteiger partial charge in [-0.1, -0.05) is 17.7 Å². The Hall–Kier alpha value is -2.08. The Morgan fingerprint density at radius 3 is 2.50 bits per heavy atom. The Balaban J connectivity index is 2.11. The molecule has 0 aliphatic carbocycles. The number of aryl methyl sites for hydroxylation is 1. The van der Waals surface area contributed by atoms with E-state index in [0.717, 1.165) is 5.56 Å². The molecule has 1 fully saturated rings. The fourth-order valence-corrected chi connectivity index (χ4v) is 2.06. The first-order valence-corrected chi connectivity index (χ1v) is 6.38. The van der Waals surface area contributed by atoms with E-state index in [0.29, 0.717) is 12.3 Å². The highest BCUT2D eigenvalue weighted by Gasteiger charge is 2.44. The third kappa shape index (κ3) is 2.75. The second-order valence-electron chi connectivity index (χ2n) is 5.01. The maximum absolute atomic E-state index is 12.2. The van der Waals surface area contributed by atoms with Crippen molar-refractivity contribution in [1.82, 2.24) is 5.32 Å². The first-order valence-electron chi connectivity index (χ1n) is 6.38. The van der Waals surface area contributed by atoms with Crippen LogP contribution < -0.4 is 10.2 Å². The summed E-state index contributed by atoms with van der Waals surface area (Å²) in [5, 5.41) is 11.9. The number of nitrogens with one attached hydrogen (secondary N) is 1. The molecule has 2 N–H and O–H groups in total. The molecule has 1 unspecified atom stereocenters. The van der Waals surface area contributed by atoms with Crippen molar-refractivity contribution < 1.29 is 19.4 Å². The average molecular weight is 278 g/mol. The monoisotopic (exact) mass is 278 g/mol. The summed E-state index contributed by atoms with van der Waals surface area (Å²) in [5.41, 5.74) is 0.470. The van der Waals surface area contributed by atoms with Crippen LogP contribution in [-0.2, 0) is 9.53 Å². The van der Waals surface area contributed by atoms with Crippen LogP contribution >= 0.6 is 0 Å². The minimum Gasteiger partial charge on any atom is -0.479 e. The SMILES string of the molecule is Cc1ccc(N(C)C(=O)NC2(C(=O)O)CCOC2)cc1. The van der Waals surface area contributed by atoms with Gasteiger partial charge in [0, 0.05) is 25.8 Å². The summed E-state index contributed by atoms with van der Waals surface area (Å²) in [6, 6.07) is 6.96.